The minimum absolute atomic E-state index is 0.336. The molecule has 0 N–H and O–H groups in total. The SMILES string of the molecule is CS(=O)(=O)c1ccc2c(ccn2Cc2ccc(C3CCN(C#N)CC3)cn2)c1. The summed E-state index contributed by atoms with van der Waals surface area (Å²) in [6.45, 7) is 2.26. The first-order valence-corrected chi connectivity index (χ1v) is 11.2. The molecule has 1 saturated heterocycles. The van der Waals surface area contributed by atoms with Gasteiger partial charge in [-0.15, -0.1) is 0 Å². The lowest BCUT2D eigenvalue weighted by molar-refractivity contribution is 0.295. The van der Waals surface area contributed by atoms with Crippen LogP contribution in [-0.4, -0.2) is 42.2 Å². The molecule has 6 nitrogen and oxygen atoms in total. The van der Waals surface area contributed by atoms with Crippen LogP contribution in [0.3, 0.4) is 0 Å². The van der Waals surface area contributed by atoms with Gasteiger partial charge in [-0.2, -0.15) is 5.26 Å². The molecular weight excluding hydrogens is 372 g/mol. The van der Waals surface area contributed by atoms with Crippen molar-refractivity contribution in [3.63, 3.8) is 0 Å². The Bertz CT molecular complexity index is 1140. The maximum Gasteiger partial charge on any atom is 0.179 e. The summed E-state index contributed by atoms with van der Waals surface area (Å²) >= 11 is 0. The van der Waals surface area contributed by atoms with Gasteiger partial charge in [0.15, 0.2) is 16.0 Å². The van der Waals surface area contributed by atoms with E-state index < -0.39 is 9.84 Å². The zero-order valence-corrected chi connectivity index (χ0v) is 16.6. The van der Waals surface area contributed by atoms with Crippen LogP contribution in [0.15, 0.2) is 53.7 Å². The average molecular weight is 395 g/mol. The second kappa shape index (κ2) is 7.28. The number of likely N-dealkylation sites (tertiary alicyclic amines) is 1. The molecule has 0 atom stereocenters. The summed E-state index contributed by atoms with van der Waals surface area (Å²) in [5, 5.41) is 9.87. The predicted octanol–water partition coefficient (Wildman–Crippen LogP) is 3.15. The zero-order chi connectivity index (χ0) is 19.7. The van der Waals surface area contributed by atoms with E-state index in [4.69, 9.17) is 5.26 Å². The van der Waals surface area contributed by atoms with Crippen LogP contribution >= 0.6 is 0 Å². The summed E-state index contributed by atoms with van der Waals surface area (Å²) in [7, 11) is -3.21. The van der Waals surface area contributed by atoms with E-state index >= 15 is 0 Å². The third-order valence-corrected chi connectivity index (χ3v) is 6.57. The number of pyridine rings is 1. The highest BCUT2D eigenvalue weighted by atomic mass is 32.2. The van der Waals surface area contributed by atoms with Crippen LogP contribution in [0, 0.1) is 11.5 Å². The highest BCUT2D eigenvalue weighted by Crippen LogP contribution is 2.27. The molecule has 1 aliphatic rings. The topological polar surface area (TPSA) is 79.0 Å². The average Bonchev–Trinajstić information content (AvgIpc) is 3.10. The quantitative estimate of drug-likeness (QED) is 0.635. The summed E-state index contributed by atoms with van der Waals surface area (Å²) in [5.41, 5.74) is 3.18. The fourth-order valence-corrected chi connectivity index (χ4v) is 4.46. The highest BCUT2D eigenvalue weighted by molar-refractivity contribution is 7.90. The molecule has 0 aliphatic carbocycles. The number of nitrogens with zero attached hydrogens (tertiary/aromatic N) is 4. The molecular formula is C21H22N4O2S. The monoisotopic (exact) mass is 394 g/mol. The summed E-state index contributed by atoms with van der Waals surface area (Å²) < 4.78 is 25.6. The Hall–Kier alpha value is -2.85. The van der Waals surface area contributed by atoms with Crippen molar-refractivity contribution in [2.24, 2.45) is 0 Å². The maximum atomic E-state index is 11.7. The molecule has 7 heteroatoms. The van der Waals surface area contributed by atoms with Crippen LogP contribution in [0.1, 0.15) is 30.0 Å². The van der Waals surface area contributed by atoms with Gasteiger partial charge in [0.2, 0.25) is 0 Å². The molecule has 0 radical (unpaired) electrons. The Morgan fingerprint density at radius 1 is 1.18 bits per heavy atom. The van der Waals surface area contributed by atoms with E-state index in [9.17, 15) is 8.42 Å². The Labute approximate surface area is 165 Å². The molecule has 2 aromatic heterocycles. The number of hydrogen-bond acceptors (Lipinski definition) is 5. The summed E-state index contributed by atoms with van der Waals surface area (Å²) in [4.78, 5) is 6.78. The Balaban J connectivity index is 1.50. The first-order valence-electron chi connectivity index (χ1n) is 9.32. The molecule has 3 heterocycles. The molecule has 1 fully saturated rings. The maximum absolute atomic E-state index is 11.7. The molecule has 0 unspecified atom stereocenters. The van der Waals surface area contributed by atoms with E-state index in [1.165, 1.54) is 11.8 Å². The number of nitriles is 1. The fourth-order valence-electron chi connectivity index (χ4n) is 3.81. The first kappa shape index (κ1) is 18.5. The molecule has 1 aromatic carbocycles. The van der Waals surface area contributed by atoms with Gasteiger partial charge in [-0.1, -0.05) is 6.07 Å². The first-order chi connectivity index (χ1) is 13.4. The lowest BCUT2D eigenvalue weighted by Gasteiger charge is -2.28. The van der Waals surface area contributed by atoms with Crippen LogP contribution in [0.4, 0.5) is 0 Å². The molecule has 1 aliphatic heterocycles. The van der Waals surface area contributed by atoms with E-state index in [1.54, 1.807) is 12.1 Å². The Morgan fingerprint density at radius 2 is 1.96 bits per heavy atom. The third-order valence-electron chi connectivity index (χ3n) is 5.46. The van der Waals surface area contributed by atoms with Gasteiger partial charge in [-0.25, -0.2) is 8.42 Å². The lowest BCUT2D eigenvalue weighted by atomic mass is 9.90. The molecule has 28 heavy (non-hydrogen) atoms. The van der Waals surface area contributed by atoms with Crippen molar-refractivity contribution in [2.75, 3.05) is 19.3 Å². The molecule has 0 bridgehead atoms. The lowest BCUT2D eigenvalue weighted by Crippen LogP contribution is -2.28. The molecule has 0 saturated carbocycles. The van der Waals surface area contributed by atoms with Crippen molar-refractivity contribution in [1.82, 2.24) is 14.5 Å². The number of rotatable bonds is 4. The minimum atomic E-state index is -3.21. The van der Waals surface area contributed by atoms with Crippen LogP contribution in [0.25, 0.3) is 10.9 Å². The van der Waals surface area contributed by atoms with Crippen LogP contribution in [0.5, 0.6) is 0 Å². The highest BCUT2D eigenvalue weighted by Gasteiger charge is 2.20. The molecule has 0 spiro atoms. The van der Waals surface area contributed by atoms with Crippen LogP contribution in [0.2, 0.25) is 0 Å². The van der Waals surface area contributed by atoms with Gasteiger partial charge >= 0.3 is 0 Å². The Kier molecular flexibility index (Phi) is 4.82. The van der Waals surface area contributed by atoms with Gasteiger partial charge in [0.1, 0.15) is 0 Å². The minimum Gasteiger partial charge on any atom is -0.341 e. The number of fused-ring (bicyclic) bond motifs is 1. The van der Waals surface area contributed by atoms with Gasteiger partial charge in [0.25, 0.3) is 0 Å². The smallest absolute Gasteiger partial charge is 0.179 e. The van der Waals surface area contributed by atoms with Crippen molar-refractivity contribution < 1.29 is 8.42 Å². The molecule has 4 rings (SSSR count). The van der Waals surface area contributed by atoms with Gasteiger partial charge < -0.3 is 9.47 Å². The standard InChI is InChI=1S/C21H22N4O2S/c1-28(26,27)20-4-5-21-17(12-20)8-11-25(21)14-19-3-2-18(13-23-19)16-6-9-24(15-22)10-7-16/h2-5,8,11-13,16H,6-7,9-10,14H2,1H3. The van der Waals surface area contributed by atoms with Crippen molar-refractivity contribution >= 4 is 20.7 Å². The fraction of sp³-hybridized carbons (Fsp3) is 0.333. The number of piperidine rings is 1. The normalized spacial score (nSPS) is 15.6. The number of benzene rings is 1. The number of aromatic nitrogens is 2. The van der Waals surface area contributed by atoms with Crippen LogP contribution < -0.4 is 0 Å². The summed E-state index contributed by atoms with van der Waals surface area (Å²) in [6.07, 6.45) is 9.33. The Morgan fingerprint density at radius 3 is 2.61 bits per heavy atom. The van der Waals surface area contributed by atoms with Gasteiger partial charge in [0.05, 0.1) is 17.1 Å². The van der Waals surface area contributed by atoms with E-state index in [2.05, 4.69) is 27.9 Å². The van der Waals surface area contributed by atoms with Crippen molar-refractivity contribution in [1.29, 1.82) is 5.26 Å². The molecule has 0 amide bonds. The molecule has 144 valence electrons. The van der Waals surface area contributed by atoms with Gasteiger partial charge in [0, 0.05) is 42.6 Å². The number of hydrogen-bond donors (Lipinski definition) is 0. The van der Waals surface area contributed by atoms with Gasteiger partial charge in [-0.3, -0.25) is 4.98 Å². The van der Waals surface area contributed by atoms with Crippen molar-refractivity contribution in [2.45, 2.75) is 30.2 Å². The zero-order valence-electron chi connectivity index (χ0n) is 15.7. The van der Waals surface area contributed by atoms with Crippen molar-refractivity contribution in [3.8, 4) is 6.19 Å². The summed E-state index contributed by atoms with van der Waals surface area (Å²) in [5.74, 6) is 0.466. The van der Waals surface area contributed by atoms with E-state index in [0.717, 1.165) is 42.5 Å². The van der Waals surface area contributed by atoms with Crippen LogP contribution in [-0.2, 0) is 16.4 Å². The second-order valence-electron chi connectivity index (χ2n) is 7.38. The third kappa shape index (κ3) is 3.73. The second-order valence-corrected chi connectivity index (χ2v) is 9.40. The van der Waals surface area contributed by atoms with Gasteiger partial charge in [-0.05, 0) is 54.7 Å². The largest absolute Gasteiger partial charge is 0.341 e. The van der Waals surface area contributed by atoms with E-state index in [-0.39, 0.29) is 0 Å². The van der Waals surface area contributed by atoms with Crippen molar-refractivity contribution in [3.05, 3.63) is 60.0 Å². The summed E-state index contributed by atoms with van der Waals surface area (Å²) in [6, 6.07) is 11.3. The number of sulfone groups is 1. The van der Waals surface area contributed by atoms with E-state index in [0.29, 0.717) is 17.4 Å². The molecule has 3 aromatic rings. The predicted molar refractivity (Wildman–Crippen MR) is 108 cm³/mol. The van der Waals surface area contributed by atoms with E-state index in [1.807, 2.05) is 29.4 Å².